The number of carbonyl (C=O) groups excluding carboxylic acids is 1. The van der Waals surface area contributed by atoms with E-state index in [-0.39, 0.29) is 31.1 Å². The third-order valence-corrected chi connectivity index (χ3v) is 9.08. The first kappa shape index (κ1) is 31.9. The Morgan fingerprint density at radius 1 is 0.844 bits per heavy atom. The van der Waals surface area contributed by atoms with E-state index in [9.17, 15) is 21.6 Å². The van der Waals surface area contributed by atoms with Crippen molar-refractivity contribution in [1.82, 2.24) is 4.31 Å². The number of amides is 1. The van der Waals surface area contributed by atoms with Crippen LogP contribution in [0.15, 0.2) is 91.0 Å². The van der Waals surface area contributed by atoms with Crippen molar-refractivity contribution in [2.24, 2.45) is 0 Å². The fourth-order valence-corrected chi connectivity index (χ4v) is 6.74. The molecule has 5 rings (SSSR count). The highest BCUT2D eigenvalue weighted by atomic mass is 32.2. The second-order valence-electron chi connectivity index (χ2n) is 10.5. The van der Waals surface area contributed by atoms with Gasteiger partial charge in [0.1, 0.15) is 37.1 Å². The molecule has 236 valence electrons. The summed E-state index contributed by atoms with van der Waals surface area (Å²) in [4.78, 5) is 12.9. The van der Waals surface area contributed by atoms with Gasteiger partial charge in [0.25, 0.3) is 5.91 Å². The molecule has 0 atom stereocenters. The second kappa shape index (κ2) is 13.3. The van der Waals surface area contributed by atoms with Crippen molar-refractivity contribution < 1.29 is 39.7 Å². The summed E-state index contributed by atoms with van der Waals surface area (Å²) in [6.45, 7) is 0.659. The van der Waals surface area contributed by atoms with E-state index in [1.54, 1.807) is 60.7 Å². The first-order valence-corrected chi connectivity index (χ1v) is 17.0. The lowest BCUT2D eigenvalue weighted by Crippen LogP contribution is -2.36. The second-order valence-corrected chi connectivity index (χ2v) is 13.8. The fraction of sp³-hybridized carbons (Fsp3) is 0.219. The summed E-state index contributed by atoms with van der Waals surface area (Å²) in [5.74, 6) is -1.77. The van der Waals surface area contributed by atoms with Gasteiger partial charge in [-0.2, -0.15) is 21.1 Å². The predicted octanol–water partition coefficient (Wildman–Crippen LogP) is 4.71. The molecule has 0 radical (unpaired) electrons. The average Bonchev–Trinajstić information content (AvgIpc) is 3.21. The fourth-order valence-electron chi connectivity index (χ4n) is 4.81. The Labute approximate surface area is 261 Å². The highest BCUT2D eigenvalue weighted by Gasteiger charge is 2.45. The summed E-state index contributed by atoms with van der Waals surface area (Å²) in [6, 6.07) is 25.6. The number of ether oxygens (including phenoxy) is 2. The lowest BCUT2D eigenvalue weighted by molar-refractivity contribution is -0.127. The van der Waals surface area contributed by atoms with Gasteiger partial charge in [-0.25, -0.2) is 8.70 Å². The minimum Gasteiger partial charge on any atom is -0.487 e. The van der Waals surface area contributed by atoms with Gasteiger partial charge < -0.3 is 13.7 Å². The van der Waals surface area contributed by atoms with Gasteiger partial charge in [-0.15, -0.1) is 0 Å². The van der Waals surface area contributed by atoms with Crippen molar-refractivity contribution in [2.45, 2.75) is 26.6 Å². The maximum atomic E-state index is 16.0. The number of aryl methyl sites for hydroxylation is 1. The standard InChI is InChI=1S/C32H31FN2O8S2/c1-23-13-14-29(43-44(2,37)38)27(15-23)16-26-17-28(33)32(30(18-26)42-21-25-11-7-4-8-12-25)34-19-31(36)35(45(34,39)40)22-41-20-24-9-5-3-6-10-24/h3-15,17-18H,16,19-22H2,1-2H3. The monoisotopic (exact) mass is 654 g/mol. The van der Waals surface area contributed by atoms with Gasteiger partial charge in [0.05, 0.1) is 12.9 Å². The van der Waals surface area contributed by atoms with Crippen LogP contribution in [0.2, 0.25) is 0 Å². The smallest absolute Gasteiger partial charge is 0.331 e. The first-order chi connectivity index (χ1) is 21.4. The Balaban J connectivity index is 1.47. The Hall–Kier alpha value is -4.46. The number of nitrogens with zero attached hydrogens (tertiary/aromatic N) is 2. The number of rotatable bonds is 12. The summed E-state index contributed by atoms with van der Waals surface area (Å²) >= 11 is 0. The van der Waals surface area contributed by atoms with E-state index < -0.39 is 51.0 Å². The molecule has 13 heteroatoms. The molecule has 1 fully saturated rings. The zero-order valence-electron chi connectivity index (χ0n) is 24.6. The maximum Gasteiger partial charge on any atom is 0.331 e. The van der Waals surface area contributed by atoms with Gasteiger partial charge in [0.15, 0.2) is 5.82 Å². The van der Waals surface area contributed by atoms with E-state index >= 15 is 4.39 Å². The Morgan fingerprint density at radius 2 is 1.49 bits per heavy atom. The van der Waals surface area contributed by atoms with Crippen molar-refractivity contribution in [1.29, 1.82) is 0 Å². The van der Waals surface area contributed by atoms with Crippen molar-refractivity contribution in [2.75, 3.05) is 23.8 Å². The Morgan fingerprint density at radius 3 is 2.13 bits per heavy atom. The molecule has 0 spiro atoms. The number of halogens is 1. The van der Waals surface area contributed by atoms with Gasteiger partial charge in [0, 0.05) is 12.0 Å². The van der Waals surface area contributed by atoms with Gasteiger partial charge in [-0.05, 0) is 41.8 Å². The quantitative estimate of drug-likeness (QED) is 0.202. The molecule has 1 aliphatic heterocycles. The third-order valence-electron chi connectivity index (χ3n) is 6.86. The normalized spacial score (nSPS) is 14.5. The predicted molar refractivity (Wildman–Crippen MR) is 166 cm³/mol. The van der Waals surface area contributed by atoms with Crippen LogP contribution in [0.25, 0.3) is 0 Å². The molecular formula is C32H31FN2O8S2. The summed E-state index contributed by atoms with van der Waals surface area (Å²) in [6.07, 6.45) is 0.963. The molecule has 1 heterocycles. The summed E-state index contributed by atoms with van der Waals surface area (Å²) in [5.41, 5.74) is 2.75. The van der Waals surface area contributed by atoms with Crippen LogP contribution in [0, 0.1) is 12.7 Å². The molecule has 0 aliphatic carbocycles. The van der Waals surface area contributed by atoms with E-state index in [0.29, 0.717) is 19.7 Å². The van der Waals surface area contributed by atoms with Gasteiger partial charge in [-0.3, -0.25) is 4.79 Å². The van der Waals surface area contributed by atoms with E-state index in [4.69, 9.17) is 13.7 Å². The highest BCUT2D eigenvalue weighted by molar-refractivity contribution is 7.91. The minimum absolute atomic E-state index is 0.0185. The molecule has 10 nitrogen and oxygen atoms in total. The van der Waals surface area contributed by atoms with E-state index in [1.165, 1.54) is 12.1 Å². The van der Waals surface area contributed by atoms with Crippen LogP contribution in [0.3, 0.4) is 0 Å². The van der Waals surface area contributed by atoms with Crippen molar-refractivity contribution in [3.8, 4) is 11.5 Å². The largest absolute Gasteiger partial charge is 0.487 e. The van der Waals surface area contributed by atoms with E-state index in [1.807, 2.05) is 19.1 Å². The molecule has 4 aromatic carbocycles. The van der Waals surface area contributed by atoms with Crippen LogP contribution < -0.4 is 13.2 Å². The Bertz CT molecular complexity index is 1900. The lowest BCUT2D eigenvalue weighted by atomic mass is 10.0. The molecule has 45 heavy (non-hydrogen) atoms. The van der Waals surface area contributed by atoms with Crippen molar-refractivity contribution >= 4 is 31.9 Å². The maximum absolute atomic E-state index is 16.0. The van der Waals surface area contributed by atoms with Crippen molar-refractivity contribution in [3.63, 3.8) is 0 Å². The average molecular weight is 655 g/mol. The van der Waals surface area contributed by atoms with Crippen LogP contribution in [0.1, 0.15) is 27.8 Å². The SMILES string of the molecule is Cc1ccc(OS(C)(=O)=O)c(Cc2cc(F)c(N3CC(=O)N(COCc4ccccc4)S3(=O)=O)c(OCc3ccccc3)c2)c1. The van der Waals surface area contributed by atoms with E-state index in [2.05, 4.69) is 0 Å². The summed E-state index contributed by atoms with van der Waals surface area (Å²) in [7, 11) is -8.37. The molecule has 1 aliphatic rings. The summed E-state index contributed by atoms with van der Waals surface area (Å²) < 4.78 is 84.8. The first-order valence-electron chi connectivity index (χ1n) is 13.8. The number of benzene rings is 4. The van der Waals surface area contributed by atoms with Crippen LogP contribution in [-0.4, -0.2) is 46.6 Å². The summed E-state index contributed by atoms with van der Waals surface area (Å²) in [5, 5.41) is 0. The van der Waals surface area contributed by atoms with Crippen LogP contribution in [0.4, 0.5) is 10.1 Å². The lowest BCUT2D eigenvalue weighted by Gasteiger charge is -2.23. The zero-order chi connectivity index (χ0) is 32.2. The Kier molecular flexibility index (Phi) is 9.42. The van der Waals surface area contributed by atoms with Gasteiger partial charge in [0.2, 0.25) is 0 Å². The number of hydrogen-bond acceptors (Lipinski definition) is 8. The van der Waals surface area contributed by atoms with Crippen molar-refractivity contribution in [3.05, 3.63) is 125 Å². The molecule has 1 amide bonds. The molecule has 1 saturated heterocycles. The highest BCUT2D eigenvalue weighted by Crippen LogP contribution is 2.39. The van der Waals surface area contributed by atoms with Crippen LogP contribution in [0.5, 0.6) is 11.5 Å². The molecule has 4 aromatic rings. The third kappa shape index (κ3) is 7.80. The molecule has 0 bridgehead atoms. The molecule has 0 saturated carbocycles. The molecule has 0 N–H and O–H groups in total. The van der Waals surface area contributed by atoms with Gasteiger partial charge in [-0.1, -0.05) is 78.4 Å². The molecular weight excluding hydrogens is 623 g/mol. The molecule has 0 aromatic heterocycles. The molecule has 0 unspecified atom stereocenters. The van der Waals surface area contributed by atoms with E-state index in [0.717, 1.165) is 29.0 Å². The minimum atomic E-state index is -4.53. The number of carbonyl (C=O) groups is 1. The van der Waals surface area contributed by atoms with Crippen LogP contribution in [-0.2, 0) is 49.5 Å². The number of hydrogen-bond donors (Lipinski definition) is 0. The van der Waals surface area contributed by atoms with Crippen LogP contribution >= 0.6 is 0 Å². The number of anilines is 1. The zero-order valence-corrected chi connectivity index (χ0v) is 26.2. The topological polar surface area (TPSA) is 120 Å². The van der Waals surface area contributed by atoms with Gasteiger partial charge >= 0.3 is 20.3 Å².